The van der Waals surface area contributed by atoms with E-state index in [4.69, 9.17) is 5.11 Å². The Kier molecular flexibility index (Phi) is 4.57. The number of nitrogens with one attached hydrogen (secondary N) is 1. The molecule has 0 spiro atoms. The van der Waals surface area contributed by atoms with Crippen molar-refractivity contribution < 1.29 is 19.6 Å². The minimum atomic E-state index is -1.09. The maximum absolute atomic E-state index is 11.5. The normalized spacial score (nSPS) is 10.0. The number of nitro groups is 1. The monoisotopic (exact) mass is 266 g/mol. The minimum Gasteiger partial charge on any atom is -0.481 e. The predicted molar refractivity (Wildman–Crippen MR) is 68.1 cm³/mol. The van der Waals surface area contributed by atoms with E-state index in [-0.39, 0.29) is 24.2 Å². The lowest BCUT2D eigenvalue weighted by atomic mass is 10.1. The van der Waals surface area contributed by atoms with Gasteiger partial charge in [0.1, 0.15) is 5.69 Å². The number of amides is 1. The van der Waals surface area contributed by atoms with Crippen LogP contribution < -0.4 is 5.32 Å². The van der Waals surface area contributed by atoms with E-state index in [1.54, 1.807) is 13.8 Å². The van der Waals surface area contributed by atoms with Gasteiger partial charge in [-0.1, -0.05) is 0 Å². The molecule has 0 saturated heterocycles. The van der Waals surface area contributed by atoms with Crippen molar-refractivity contribution in [1.82, 2.24) is 0 Å². The Labute approximate surface area is 109 Å². The summed E-state index contributed by atoms with van der Waals surface area (Å²) in [4.78, 5) is 32.1. The molecule has 0 heterocycles. The van der Waals surface area contributed by atoms with E-state index in [0.717, 1.165) is 11.1 Å². The zero-order chi connectivity index (χ0) is 14.6. The summed E-state index contributed by atoms with van der Waals surface area (Å²) >= 11 is 0. The first-order chi connectivity index (χ1) is 8.81. The van der Waals surface area contributed by atoms with Gasteiger partial charge in [0.15, 0.2) is 0 Å². The Balaban J connectivity index is 2.93. The van der Waals surface area contributed by atoms with Crippen LogP contribution in [-0.4, -0.2) is 21.9 Å². The molecule has 7 nitrogen and oxygen atoms in total. The zero-order valence-electron chi connectivity index (χ0n) is 10.6. The number of aliphatic carboxylic acids is 1. The van der Waals surface area contributed by atoms with Crippen LogP contribution in [0.25, 0.3) is 0 Å². The van der Waals surface area contributed by atoms with Crippen LogP contribution >= 0.6 is 0 Å². The molecule has 0 aliphatic heterocycles. The molecule has 102 valence electrons. The fourth-order valence-corrected chi connectivity index (χ4v) is 1.49. The molecule has 0 aliphatic carbocycles. The number of rotatable bonds is 5. The van der Waals surface area contributed by atoms with E-state index in [2.05, 4.69) is 5.32 Å². The van der Waals surface area contributed by atoms with E-state index >= 15 is 0 Å². The summed E-state index contributed by atoms with van der Waals surface area (Å²) in [6.45, 7) is 3.50. The summed E-state index contributed by atoms with van der Waals surface area (Å²) in [7, 11) is 0. The van der Waals surface area contributed by atoms with Crippen molar-refractivity contribution in [3.05, 3.63) is 33.4 Å². The molecule has 1 aromatic rings. The summed E-state index contributed by atoms with van der Waals surface area (Å²) in [6.07, 6.45) is -0.538. The molecule has 1 rings (SSSR count). The fourth-order valence-electron chi connectivity index (χ4n) is 1.49. The van der Waals surface area contributed by atoms with Gasteiger partial charge < -0.3 is 10.4 Å². The molecule has 19 heavy (non-hydrogen) atoms. The lowest BCUT2D eigenvalue weighted by molar-refractivity contribution is -0.384. The van der Waals surface area contributed by atoms with Crippen molar-refractivity contribution in [1.29, 1.82) is 0 Å². The van der Waals surface area contributed by atoms with Gasteiger partial charge in [0.25, 0.3) is 5.69 Å². The molecule has 2 N–H and O–H groups in total. The standard InChI is InChI=1S/C12H14N2O5/c1-7-5-9(10(14(18)19)6-8(7)2)13-11(15)3-4-12(16)17/h5-6H,3-4H2,1-2H3,(H,13,15)(H,16,17). The van der Waals surface area contributed by atoms with E-state index < -0.39 is 16.8 Å². The highest BCUT2D eigenvalue weighted by molar-refractivity contribution is 5.94. The van der Waals surface area contributed by atoms with Gasteiger partial charge >= 0.3 is 5.97 Å². The molecule has 0 unspecified atom stereocenters. The summed E-state index contributed by atoms with van der Waals surface area (Å²) in [6, 6.07) is 2.88. The molecule has 0 aliphatic rings. The SMILES string of the molecule is Cc1cc(NC(=O)CCC(=O)O)c([N+](=O)[O-])cc1C. The van der Waals surface area contributed by atoms with Crippen molar-refractivity contribution in [2.45, 2.75) is 26.7 Å². The number of anilines is 1. The van der Waals surface area contributed by atoms with Gasteiger partial charge in [-0.15, -0.1) is 0 Å². The van der Waals surface area contributed by atoms with Gasteiger partial charge in [0, 0.05) is 12.5 Å². The van der Waals surface area contributed by atoms with Gasteiger partial charge in [-0.25, -0.2) is 0 Å². The third kappa shape index (κ3) is 4.06. The second-order valence-electron chi connectivity index (χ2n) is 4.15. The highest BCUT2D eigenvalue weighted by Crippen LogP contribution is 2.28. The van der Waals surface area contributed by atoms with Gasteiger partial charge in [-0.3, -0.25) is 19.7 Å². The third-order valence-electron chi connectivity index (χ3n) is 2.65. The summed E-state index contributed by atoms with van der Waals surface area (Å²) in [5.74, 6) is -1.65. The molecule has 0 atom stereocenters. The molecular weight excluding hydrogens is 252 g/mol. The van der Waals surface area contributed by atoms with Gasteiger partial charge in [-0.05, 0) is 31.0 Å². The van der Waals surface area contributed by atoms with Gasteiger partial charge in [-0.2, -0.15) is 0 Å². The maximum Gasteiger partial charge on any atom is 0.303 e. The number of hydrogen-bond donors (Lipinski definition) is 2. The molecule has 1 aromatic carbocycles. The Bertz CT molecular complexity index is 539. The molecule has 0 fully saturated rings. The second kappa shape index (κ2) is 5.94. The average Bonchev–Trinajstić information content (AvgIpc) is 2.30. The Morgan fingerprint density at radius 2 is 1.84 bits per heavy atom. The first-order valence-electron chi connectivity index (χ1n) is 5.58. The van der Waals surface area contributed by atoms with Crippen LogP contribution in [0.15, 0.2) is 12.1 Å². The first-order valence-corrected chi connectivity index (χ1v) is 5.58. The number of nitro benzene ring substituents is 1. The van der Waals surface area contributed by atoms with E-state index in [9.17, 15) is 19.7 Å². The number of hydrogen-bond acceptors (Lipinski definition) is 4. The van der Waals surface area contributed by atoms with Crippen molar-refractivity contribution in [2.24, 2.45) is 0 Å². The number of carboxylic acid groups (broad SMARTS) is 1. The highest BCUT2D eigenvalue weighted by atomic mass is 16.6. The smallest absolute Gasteiger partial charge is 0.303 e. The Morgan fingerprint density at radius 3 is 2.37 bits per heavy atom. The first kappa shape index (κ1) is 14.6. The van der Waals surface area contributed by atoms with Crippen molar-refractivity contribution in [3.63, 3.8) is 0 Å². The molecule has 0 radical (unpaired) electrons. The van der Waals surface area contributed by atoms with Gasteiger partial charge in [0.05, 0.1) is 11.3 Å². The van der Waals surface area contributed by atoms with Crippen LogP contribution in [0.2, 0.25) is 0 Å². The number of carboxylic acids is 1. The molecule has 1 amide bonds. The lowest BCUT2D eigenvalue weighted by Gasteiger charge is -2.08. The number of benzene rings is 1. The van der Waals surface area contributed by atoms with Crippen LogP contribution in [0.5, 0.6) is 0 Å². The van der Waals surface area contributed by atoms with Crippen molar-refractivity contribution in [3.8, 4) is 0 Å². The van der Waals surface area contributed by atoms with Crippen molar-refractivity contribution in [2.75, 3.05) is 5.32 Å². The maximum atomic E-state index is 11.5. The number of carbonyl (C=O) groups is 2. The number of nitrogens with zero attached hydrogens (tertiary/aromatic N) is 1. The average molecular weight is 266 g/mol. The lowest BCUT2D eigenvalue weighted by Crippen LogP contribution is -2.14. The minimum absolute atomic E-state index is 0.0866. The van der Waals surface area contributed by atoms with Crippen LogP contribution in [0, 0.1) is 24.0 Å². The van der Waals surface area contributed by atoms with E-state index in [0.29, 0.717) is 0 Å². The second-order valence-corrected chi connectivity index (χ2v) is 4.15. The molecule has 7 heteroatoms. The summed E-state index contributed by atoms with van der Waals surface area (Å²) in [5.41, 5.74) is 1.43. The highest BCUT2D eigenvalue weighted by Gasteiger charge is 2.17. The fraction of sp³-hybridized carbons (Fsp3) is 0.333. The van der Waals surface area contributed by atoms with Crippen LogP contribution in [0.3, 0.4) is 0 Å². The van der Waals surface area contributed by atoms with Crippen molar-refractivity contribution >= 4 is 23.3 Å². The van der Waals surface area contributed by atoms with Gasteiger partial charge in [0.2, 0.25) is 5.91 Å². The third-order valence-corrected chi connectivity index (χ3v) is 2.65. The van der Waals surface area contributed by atoms with Crippen LogP contribution in [0.1, 0.15) is 24.0 Å². The van der Waals surface area contributed by atoms with E-state index in [1.807, 2.05) is 0 Å². The molecule has 0 saturated carbocycles. The summed E-state index contributed by atoms with van der Waals surface area (Å²) < 4.78 is 0. The Morgan fingerprint density at radius 1 is 1.26 bits per heavy atom. The van der Waals surface area contributed by atoms with E-state index in [1.165, 1.54) is 12.1 Å². The molecular formula is C12H14N2O5. The summed E-state index contributed by atoms with van der Waals surface area (Å²) in [5, 5.41) is 21.7. The molecule has 0 aromatic heterocycles. The zero-order valence-corrected chi connectivity index (χ0v) is 10.6. The number of aryl methyl sites for hydroxylation is 2. The number of carbonyl (C=O) groups excluding carboxylic acids is 1. The van der Waals surface area contributed by atoms with Crippen LogP contribution in [0.4, 0.5) is 11.4 Å². The molecule has 0 bridgehead atoms. The predicted octanol–water partition coefficient (Wildman–Crippen LogP) is 2.01. The topological polar surface area (TPSA) is 110 Å². The Hall–Kier alpha value is -2.44. The van der Waals surface area contributed by atoms with Crippen LogP contribution in [-0.2, 0) is 9.59 Å². The largest absolute Gasteiger partial charge is 0.481 e. The quantitative estimate of drug-likeness (QED) is 0.625.